The third-order valence-electron chi connectivity index (χ3n) is 7.72. The number of aromatic nitrogens is 3. The Labute approximate surface area is 249 Å². The summed E-state index contributed by atoms with van der Waals surface area (Å²) in [6, 6.07) is 6.58. The molecule has 3 fully saturated rings. The van der Waals surface area contributed by atoms with Crippen molar-refractivity contribution in [2.45, 2.75) is 70.9 Å². The number of imidazole rings is 1. The molecular weight excluding hydrogens is 600 g/mol. The van der Waals surface area contributed by atoms with Gasteiger partial charge < -0.3 is 19.7 Å². The van der Waals surface area contributed by atoms with Crippen molar-refractivity contribution in [3.05, 3.63) is 47.8 Å². The number of pyridine rings is 1. The van der Waals surface area contributed by atoms with E-state index in [1.165, 1.54) is 12.8 Å². The number of carbonyl (C=O) groups excluding carboxylic acids is 1. The van der Waals surface area contributed by atoms with E-state index < -0.39 is 24.3 Å². The Morgan fingerprint density at radius 3 is 2.14 bits per heavy atom. The molecule has 2 aliphatic heterocycles. The van der Waals surface area contributed by atoms with E-state index in [4.69, 9.17) is 29.8 Å². The average Bonchev–Trinajstić information content (AvgIpc) is 3.32. The first-order chi connectivity index (χ1) is 20.3. The summed E-state index contributed by atoms with van der Waals surface area (Å²) in [6.45, 7) is 10.7. The lowest BCUT2D eigenvalue weighted by atomic mass is 9.75. The third kappa shape index (κ3) is 8.92. The fourth-order valence-corrected chi connectivity index (χ4v) is 5.35. The number of halogens is 6. The fraction of sp³-hybridized carbons (Fsp3) is 0.607. The summed E-state index contributed by atoms with van der Waals surface area (Å²) in [7, 11) is 0. The summed E-state index contributed by atoms with van der Waals surface area (Å²) in [5.41, 5.74) is 2.86. The van der Waals surface area contributed by atoms with E-state index in [0.29, 0.717) is 11.9 Å². The molecule has 2 atom stereocenters. The molecule has 16 heteroatoms. The van der Waals surface area contributed by atoms with Crippen LogP contribution in [0.1, 0.15) is 62.2 Å². The number of likely N-dealkylation sites (tertiary alicyclic amines) is 2. The number of aliphatic carboxylic acids is 2. The van der Waals surface area contributed by atoms with Crippen molar-refractivity contribution >= 4 is 17.8 Å². The van der Waals surface area contributed by atoms with Crippen molar-refractivity contribution in [2.24, 2.45) is 11.3 Å². The molecule has 4 heterocycles. The lowest BCUT2D eigenvalue weighted by Crippen LogP contribution is -2.40. The quantitative estimate of drug-likeness (QED) is 0.439. The minimum Gasteiger partial charge on any atom is -0.475 e. The molecule has 2 N–H and O–H groups in total. The summed E-state index contributed by atoms with van der Waals surface area (Å²) in [6.07, 6.45) is -2.56. The molecule has 244 valence electrons. The van der Waals surface area contributed by atoms with Gasteiger partial charge in [0.1, 0.15) is 0 Å². The van der Waals surface area contributed by atoms with Gasteiger partial charge in [-0.3, -0.25) is 14.7 Å². The molecule has 2 saturated heterocycles. The maximum Gasteiger partial charge on any atom is 0.490 e. The third-order valence-corrected chi connectivity index (χ3v) is 7.72. The van der Waals surface area contributed by atoms with Gasteiger partial charge >= 0.3 is 24.3 Å². The Balaban J connectivity index is 0.000000317. The first-order valence-electron chi connectivity index (χ1n) is 13.9. The van der Waals surface area contributed by atoms with Crippen molar-refractivity contribution in [1.82, 2.24) is 24.3 Å². The number of rotatable bonds is 6. The van der Waals surface area contributed by atoms with Crippen LogP contribution in [0.4, 0.5) is 26.3 Å². The van der Waals surface area contributed by atoms with Crippen LogP contribution in [0.3, 0.4) is 0 Å². The zero-order valence-corrected chi connectivity index (χ0v) is 24.4. The molecule has 2 unspecified atom stereocenters. The molecule has 2 aromatic rings. The molecule has 0 bridgehead atoms. The average molecular weight is 636 g/mol. The number of amides is 1. The van der Waals surface area contributed by atoms with E-state index >= 15 is 0 Å². The van der Waals surface area contributed by atoms with E-state index in [-0.39, 0.29) is 11.3 Å². The SMILES string of the molecule is Cc1cccc(CN2CC(c3cn(C(C)C)cn3)C3(CCN(CC4CC4)C3=O)C2)n1.O=C(O)C(F)(F)F.O=C(O)C(F)(F)F. The zero-order chi connectivity index (χ0) is 33.0. The van der Waals surface area contributed by atoms with E-state index in [0.717, 1.165) is 62.1 Å². The van der Waals surface area contributed by atoms with Gasteiger partial charge in [-0.25, -0.2) is 14.6 Å². The normalized spacial score (nSPS) is 22.1. The number of aryl methyl sites for hydroxylation is 1. The van der Waals surface area contributed by atoms with Crippen LogP contribution in [-0.2, 0) is 20.9 Å². The minimum absolute atomic E-state index is 0.152. The largest absolute Gasteiger partial charge is 0.490 e. The van der Waals surface area contributed by atoms with Gasteiger partial charge in [0.05, 0.1) is 23.1 Å². The lowest BCUT2D eigenvalue weighted by molar-refractivity contribution is -0.193. The van der Waals surface area contributed by atoms with Gasteiger partial charge in [0.2, 0.25) is 5.91 Å². The molecule has 10 nitrogen and oxygen atoms in total. The lowest BCUT2D eigenvalue weighted by Gasteiger charge is -2.28. The fourth-order valence-electron chi connectivity index (χ4n) is 5.35. The number of hydrogen-bond donors (Lipinski definition) is 2. The van der Waals surface area contributed by atoms with Gasteiger partial charge in [0.25, 0.3) is 0 Å². The summed E-state index contributed by atoms with van der Waals surface area (Å²) in [4.78, 5) is 45.6. The van der Waals surface area contributed by atoms with Crippen LogP contribution < -0.4 is 0 Å². The van der Waals surface area contributed by atoms with E-state index in [1.807, 2.05) is 19.3 Å². The minimum atomic E-state index is -5.08. The van der Waals surface area contributed by atoms with Crippen LogP contribution in [0.5, 0.6) is 0 Å². The number of hydrogen-bond acceptors (Lipinski definition) is 6. The Morgan fingerprint density at radius 1 is 1.07 bits per heavy atom. The van der Waals surface area contributed by atoms with E-state index in [2.05, 4.69) is 46.5 Å². The Morgan fingerprint density at radius 2 is 1.66 bits per heavy atom. The molecule has 0 radical (unpaired) electrons. The predicted molar refractivity (Wildman–Crippen MR) is 143 cm³/mol. The van der Waals surface area contributed by atoms with Crippen LogP contribution >= 0.6 is 0 Å². The Hall–Kier alpha value is -3.69. The van der Waals surface area contributed by atoms with E-state index in [9.17, 15) is 31.1 Å². The van der Waals surface area contributed by atoms with Gasteiger partial charge in [-0.05, 0) is 58.1 Å². The second-order valence-electron chi connectivity index (χ2n) is 11.5. The smallest absolute Gasteiger partial charge is 0.475 e. The zero-order valence-electron chi connectivity index (χ0n) is 24.4. The van der Waals surface area contributed by atoms with Crippen LogP contribution in [0.25, 0.3) is 0 Å². The number of carbonyl (C=O) groups is 3. The molecule has 0 aromatic carbocycles. The molecule has 1 spiro atoms. The maximum atomic E-state index is 13.7. The molecule has 1 aliphatic carbocycles. The number of carboxylic acids is 2. The van der Waals surface area contributed by atoms with Gasteiger partial charge in [-0.1, -0.05) is 6.07 Å². The molecule has 5 rings (SSSR count). The van der Waals surface area contributed by atoms with Gasteiger partial charge in [-0.15, -0.1) is 0 Å². The monoisotopic (exact) mass is 635 g/mol. The highest BCUT2D eigenvalue weighted by Crippen LogP contribution is 2.50. The molecule has 2 aromatic heterocycles. The molecule has 3 aliphatic rings. The Kier molecular flexibility index (Phi) is 10.7. The number of alkyl halides is 6. The second kappa shape index (κ2) is 13.5. The molecule has 1 amide bonds. The summed E-state index contributed by atoms with van der Waals surface area (Å²) >= 11 is 0. The predicted octanol–water partition coefficient (Wildman–Crippen LogP) is 4.66. The van der Waals surface area contributed by atoms with Crippen molar-refractivity contribution < 1.29 is 50.9 Å². The highest BCUT2D eigenvalue weighted by atomic mass is 19.4. The highest BCUT2D eigenvalue weighted by Gasteiger charge is 2.58. The first-order valence-corrected chi connectivity index (χ1v) is 13.9. The standard InChI is InChI=1S/C24H33N5O.2C2HF3O2/c1-17(2)29-14-22(25-16-29)21-13-27(12-20-6-4-5-18(3)26-20)15-24(21)9-10-28(23(24)30)11-19-7-8-19;2*3-2(4,5)1(6)7/h4-6,14,16-17,19,21H,7-13,15H2,1-3H3;2*(H,6,7). The van der Waals surface area contributed by atoms with E-state index in [1.54, 1.807) is 0 Å². The van der Waals surface area contributed by atoms with Crippen molar-refractivity contribution in [2.75, 3.05) is 26.2 Å². The summed E-state index contributed by atoms with van der Waals surface area (Å²) in [5, 5.41) is 14.2. The van der Waals surface area contributed by atoms with Crippen molar-refractivity contribution in [1.29, 1.82) is 0 Å². The van der Waals surface area contributed by atoms with Gasteiger partial charge in [-0.2, -0.15) is 26.3 Å². The topological polar surface area (TPSA) is 129 Å². The number of carboxylic acid groups (broad SMARTS) is 2. The molecular formula is C28H35F6N5O5. The summed E-state index contributed by atoms with van der Waals surface area (Å²) in [5.74, 6) is -4.27. The Bertz CT molecular complexity index is 1300. The first kappa shape index (κ1) is 34.8. The van der Waals surface area contributed by atoms with Gasteiger partial charge in [0, 0.05) is 56.6 Å². The number of nitrogens with zero attached hydrogens (tertiary/aromatic N) is 5. The van der Waals surface area contributed by atoms with Crippen molar-refractivity contribution in [3.63, 3.8) is 0 Å². The van der Waals surface area contributed by atoms with Crippen molar-refractivity contribution in [3.8, 4) is 0 Å². The van der Waals surface area contributed by atoms with Crippen LogP contribution in [0.15, 0.2) is 30.7 Å². The molecule has 1 saturated carbocycles. The van der Waals surface area contributed by atoms with Gasteiger partial charge in [0.15, 0.2) is 0 Å². The van der Waals surface area contributed by atoms with Crippen LogP contribution in [0.2, 0.25) is 0 Å². The van der Waals surface area contributed by atoms with Crippen LogP contribution in [-0.4, -0.2) is 90.9 Å². The summed E-state index contributed by atoms with van der Waals surface area (Å²) < 4.78 is 65.6. The van der Waals surface area contributed by atoms with Crippen LogP contribution in [0, 0.1) is 18.3 Å². The maximum absolute atomic E-state index is 13.7. The molecule has 44 heavy (non-hydrogen) atoms. The highest BCUT2D eigenvalue weighted by molar-refractivity contribution is 5.87. The second-order valence-corrected chi connectivity index (χ2v) is 11.5.